The number of carbonyl (C=O) groups excluding carboxylic acids is 1. The Morgan fingerprint density at radius 3 is 2.70 bits per heavy atom. The largest absolute Gasteiger partial charge is 0.298 e. The van der Waals surface area contributed by atoms with Crippen molar-refractivity contribution in [3.05, 3.63) is 46.9 Å². The van der Waals surface area contributed by atoms with Crippen molar-refractivity contribution in [2.45, 2.75) is 45.4 Å². The highest BCUT2D eigenvalue weighted by Gasteiger charge is 2.01. The summed E-state index contributed by atoms with van der Waals surface area (Å²) in [6.45, 7) is 1.94. The Hall–Kier alpha value is -1.41. The molecule has 0 N–H and O–H groups in total. The molecular weight excluding hydrogens is 264 g/mol. The molecule has 20 heavy (non-hydrogen) atoms. The fourth-order valence-electron chi connectivity index (χ4n) is 2.41. The van der Waals surface area contributed by atoms with Crippen molar-refractivity contribution in [3.8, 4) is 0 Å². The van der Waals surface area contributed by atoms with Gasteiger partial charge < -0.3 is 0 Å². The summed E-state index contributed by atoms with van der Waals surface area (Å²) in [5.74, 6) is 0. The molecule has 0 unspecified atom stereocenters. The zero-order valence-corrected chi connectivity index (χ0v) is 12.9. The number of carbonyl (C=O) groups is 1. The van der Waals surface area contributed by atoms with Crippen LogP contribution in [0.1, 0.15) is 43.9 Å². The maximum Gasteiger partial charge on any atom is 0.145 e. The molecule has 2 aromatic rings. The summed E-state index contributed by atoms with van der Waals surface area (Å²) in [5, 5.41) is 1.37. The van der Waals surface area contributed by atoms with Gasteiger partial charge in [-0.1, -0.05) is 37.1 Å². The minimum atomic E-state index is 0.933. The molecular formula is C18H22OS. The minimum Gasteiger partial charge on any atom is -0.298 e. The lowest BCUT2D eigenvalue weighted by molar-refractivity contribution is -0.105. The zero-order valence-electron chi connectivity index (χ0n) is 12.1. The topological polar surface area (TPSA) is 17.1 Å². The van der Waals surface area contributed by atoms with Crippen LogP contribution in [0, 0.1) is 0 Å². The minimum absolute atomic E-state index is 0.933. The standard InChI is InChI=1S/C18H22OS/c1-2-15(14-19)9-5-3-4-6-11-17-13-16-10-7-8-12-18(16)20-17/h2,7-8,10,12-14H,3-6,9,11H2,1H3. The van der Waals surface area contributed by atoms with Crippen molar-refractivity contribution in [1.29, 1.82) is 0 Å². The first-order valence-corrected chi connectivity index (χ1v) is 8.23. The van der Waals surface area contributed by atoms with E-state index < -0.39 is 0 Å². The summed E-state index contributed by atoms with van der Waals surface area (Å²) < 4.78 is 1.39. The number of hydrogen-bond donors (Lipinski definition) is 0. The number of unbranched alkanes of at least 4 members (excludes halogenated alkanes) is 3. The number of rotatable bonds is 8. The van der Waals surface area contributed by atoms with Crippen molar-refractivity contribution in [2.24, 2.45) is 0 Å². The van der Waals surface area contributed by atoms with E-state index in [1.807, 2.05) is 24.3 Å². The molecule has 0 saturated heterocycles. The van der Waals surface area contributed by atoms with Gasteiger partial charge in [-0.15, -0.1) is 11.3 Å². The van der Waals surface area contributed by atoms with Crippen molar-refractivity contribution in [3.63, 3.8) is 0 Å². The van der Waals surface area contributed by atoms with Gasteiger partial charge in [0.25, 0.3) is 0 Å². The molecule has 1 heterocycles. The molecule has 106 valence electrons. The molecule has 2 rings (SSSR count). The van der Waals surface area contributed by atoms with Crippen molar-refractivity contribution < 1.29 is 4.79 Å². The number of benzene rings is 1. The van der Waals surface area contributed by atoms with Gasteiger partial charge in [0.05, 0.1) is 0 Å². The zero-order chi connectivity index (χ0) is 14.2. The summed E-state index contributed by atoms with van der Waals surface area (Å²) in [6, 6.07) is 10.9. The summed E-state index contributed by atoms with van der Waals surface area (Å²) in [4.78, 5) is 12.2. The molecule has 0 bridgehead atoms. The fraction of sp³-hybridized carbons (Fsp3) is 0.389. The Kier molecular flexibility index (Phi) is 6.00. The lowest BCUT2D eigenvalue weighted by Crippen LogP contribution is -1.86. The second-order valence-electron chi connectivity index (χ2n) is 5.15. The van der Waals surface area contributed by atoms with Crippen LogP contribution in [0.4, 0.5) is 0 Å². The maximum atomic E-state index is 10.7. The summed E-state index contributed by atoms with van der Waals surface area (Å²) in [7, 11) is 0. The van der Waals surface area contributed by atoms with E-state index in [1.54, 1.807) is 0 Å². The lowest BCUT2D eigenvalue weighted by Gasteiger charge is -2.00. The number of aldehydes is 1. The maximum absolute atomic E-state index is 10.7. The van der Waals surface area contributed by atoms with Crippen LogP contribution in [0.15, 0.2) is 42.0 Å². The smallest absolute Gasteiger partial charge is 0.145 e. The molecule has 0 aliphatic rings. The van der Waals surface area contributed by atoms with Crippen LogP contribution >= 0.6 is 11.3 Å². The number of thiophene rings is 1. The van der Waals surface area contributed by atoms with E-state index in [0.29, 0.717) is 0 Å². The average Bonchev–Trinajstić information content (AvgIpc) is 2.89. The Bertz CT molecular complexity index is 547. The molecule has 0 spiro atoms. The van der Waals surface area contributed by atoms with Gasteiger partial charge in [0, 0.05) is 9.58 Å². The molecule has 0 aliphatic carbocycles. The number of hydrogen-bond acceptors (Lipinski definition) is 2. The summed E-state index contributed by atoms with van der Waals surface area (Å²) in [5.41, 5.74) is 0.939. The van der Waals surface area contributed by atoms with E-state index >= 15 is 0 Å². The molecule has 1 aromatic carbocycles. The Morgan fingerprint density at radius 2 is 1.95 bits per heavy atom. The van der Waals surface area contributed by atoms with Gasteiger partial charge in [-0.05, 0) is 55.7 Å². The van der Waals surface area contributed by atoms with Crippen LogP contribution in [-0.2, 0) is 11.2 Å². The third-order valence-electron chi connectivity index (χ3n) is 3.64. The molecule has 1 nitrogen and oxygen atoms in total. The van der Waals surface area contributed by atoms with Gasteiger partial charge in [0.15, 0.2) is 0 Å². The second-order valence-corrected chi connectivity index (χ2v) is 6.31. The third kappa shape index (κ3) is 4.31. The molecule has 0 aliphatic heterocycles. The molecule has 1 aromatic heterocycles. The SMILES string of the molecule is CC=C(C=O)CCCCCCc1cc2ccccc2s1. The molecule has 0 radical (unpaired) electrons. The van der Waals surface area contributed by atoms with Crippen LogP contribution in [-0.4, -0.2) is 6.29 Å². The summed E-state index contributed by atoms with van der Waals surface area (Å²) >= 11 is 1.92. The van der Waals surface area contributed by atoms with Gasteiger partial charge in [-0.3, -0.25) is 4.79 Å². The van der Waals surface area contributed by atoms with E-state index in [4.69, 9.17) is 0 Å². The normalized spacial score (nSPS) is 11.9. The van der Waals surface area contributed by atoms with Crippen LogP contribution in [0.25, 0.3) is 10.1 Å². The highest BCUT2D eigenvalue weighted by Crippen LogP contribution is 2.26. The predicted octanol–water partition coefficient (Wildman–Crippen LogP) is 5.54. The Labute approximate surface area is 125 Å². The fourth-order valence-corrected chi connectivity index (χ4v) is 3.52. The van der Waals surface area contributed by atoms with Crippen molar-refractivity contribution in [2.75, 3.05) is 0 Å². The highest BCUT2D eigenvalue weighted by atomic mass is 32.1. The van der Waals surface area contributed by atoms with Gasteiger partial charge in [-0.25, -0.2) is 0 Å². The van der Waals surface area contributed by atoms with Crippen molar-refractivity contribution >= 4 is 27.7 Å². The van der Waals surface area contributed by atoms with Crippen LogP contribution in [0.5, 0.6) is 0 Å². The average molecular weight is 286 g/mol. The van der Waals surface area contributed by atoms with Crippen LogP contribution in [0.2, 0.25) is 0 Å². The van der Waals surface area contributed by atoms with Gasteiger partial charge in [-0.2, -0.15) is 0 Å². The number of aryl methyl sites for hydroxylation is 1. The van der Waals surface area contributed by atoms with Crippen LogP contribution < -0.4 is 0 Å². The van der Waals surface area contributed by atoms with Crippen molar-refractivity contribution in [1.82, 2.24) is 0 Å². The van der Waals surface area contributed by atoms with E-state index in [1.165, 1.54) is 40.6 Å². The molecule has 0 fully saturated rings. The third-order valence-corrected chi connectivity index (χ3v) is 4.81. The van der Waals surface area contributed by atoms with Gasteiger partial charge in [0.2, 0.25) is 0 Å². The van der Waals surface area contributed by atoms with Gasteiger partial charge in [0.1, 0.15) is 6.29 Å². The van der Waals surface area contributed by atoms with E-state index in [2.05, 4.69) is 30.3 Å². The first kappa shape index (κ1) is 15.0. The molecule has 0 saturated carbocycles. The van der Waals surface area contributed by atoms with E-state index in [-0.39, 0.29) is 0 Å². The number of allylic oxidation sites excluding steroid dienone is 2. The monoisotopic (exact) mass is 286 g/mol. The predicted molar refractivity (Wildman–Crippen MR) is 88.4 cm³/mol. The molecule has 0 amide bonds. The Morgan fingerprint density at radius 1 is 1.15 bits per heavy atom. The summed E-state index contributed by atoms with van der Waals surface area (Å²) in [6.07, 6.45) is 9.87. The molecule has 0 atom stereocenters. The molecule has 2 heteroatoms. The first-order valence-electron chi connectivity index (χ1n) is 7.41. The second kappa shape index (κ2) is 8.01. The highest BCUT2D eigenvalue weighted by molar-refractivity contribution is 7.19. The van der Waals surface area contributed by atoms with Crippen LogP contribution in [0.3, 0.4) is 0 Å². The quantitative estimate of drug-likeness (QED) is 0.354. The van der Waals surface area contributed by atoms with E-state index in [0.717, 1.165) is 24.7 Å². The first-order chi connectivity index (χ1) is 9.83. The lowest BCUT2D eigenvalue weighted by atomic mass is 10.1. The Balaban J connectivity index is 1.67. The van der Waals surface area contributed by atoms with E-state index in [9.17, 15) is 4.79 Å². The van der Waals surface area contributed by atoms with Gasteiger partial charge >= 0.3 is 0 Å². The number of fused-ring (bicyclic) bond motifs is 1.